The second-order valence-electron chi connectivity index (χ2n) is 8.82. The highest BCUT2D eigenvalue weighted by atomic mass is 16.3. The van der Waals surface area contributed by atoms with E-state index in [4.69, 9.17) is 10.7 Å². The lowest BCUT2D eigenvalue weighted by atomic mass is 9.97. The van der Waals surface area contributed by atoms with E-state index in [0.717, 1.165) is 71.8 Å². The zero-order chi connectivity index (χ0) is 20.9. The van der Waals surface area contributed by atoms with Crippen LogP contribution in [0.1, 0.15) is 38.1 Å². The molecule has 1 fully saturated rings. The van der Waals surface area contributed by atoms with Gasteiger partial charge < -0.3 is 15.8 Å². The van der Waals surface area contributed by atoms with Crippen molar-refractivity contribution in [2.75, 3.05) is 13.1 Å². The highest BCUT2D eigenvalue weighted by molar-refractivity contribution is 5.84. The quantitative estimate of drug-likeness (QED) is 0.486. The minimum Gasteiger partial charge on any atom is -0.386 e. The first-order valence-electron chi connectivity index (χ1n) is 10.5. The molecule has 156 valence electrons. The molecule has 0 atom stereocenters. The molecule has 1 aliphatic rings. The van der Waals surface area contributed by atoms with Gasteiger partial charge in [-0.3, -0.25) is 9.30 Å². The van der Waals surface area contributed by atoms with Crippen LogP contribution in [-0.4, -0.2) is 48.5 Å². The van der Waals surface area contributed by atoms with Crippen molar-refractivity contribution >= 4 is 16.7 Å². The number of likely N-dealkylation sites (tertiary alicyclic amines) is 1. The smallest absolute Gasteiger partial charge is 0.154 e. The zero-order valence-corrected chi connectivity index (χ0v) is 17.5. The van der Waals surface area contributed by atoms with Crippen LogP contribution in [0.5, 0.6) is 0 Å². The van der Waals surface area contributed by atoms with Gasteiger partial charge in [0.15, 0.2) is 5.65 Å². The van der Waals surface area contributed by atoms with Crippen molar-refractivity contribution < 1.29 is 5.11 Å². The van der Waals surface area contributed by atoms with Crippen LogP contribution in [0.2, 0.25) is 0 Å². The Morgan fingerprint density at radius 3 is 2.57 bits per heavy atom. The molecule has 7 nitrogen and oxygen atoms in total. The summed E-state index contributed by atoms with van der Waals surface area (Å²) in [6.07, 6.45) is 5.85. The summed E-state index contributed by atoms with van der Waals surface area (Å²) >= 11 is 0. The van der Waals surface area contributed by atoms with Crippen molar-refractivity contribution in [3.63, 3.8) is 0 Å². The summed E-state index contributed by atoms with van der Waals surface area (Å²) in [5.74, 6) is 1.01. The average molecular weight is 405 g/mol. The summed E-state index contributed by atoms with van der Waals surface area (Å²) in [5.41, 5.74) is 10.9. The Balaban J connectivity index is 1.60. The first-order valence-corrected chi connectivity index (χ1v) is 10.5. The minimum absolute atomic E-state index is 0.309. The number of benzene rings is 1. The fourth-order valence-electron chi connectivity index (χ4n) is 4.30. The number of hydrogen-bond donors (Lipinski definition) is 3. The Kier molecular flexibility index (Phi) is 4.61. The molecule has 0 aliphatic carbocycles. The summed E-state index contributed by atoms with van der Waals surface area (Å²) in [4.78, 5) is 15.3. The molecule has 0 spiro atoms. The molecule has 0 amide bonds. The molecule has 1 saturated heterocycles. The third-order valence-corrected chi connectivity index (χ3v) is 6.11. The Morgan fingerprint density at radius 2 is 1.87 bits per heavy atom. The fraction of sp³-hybridized carbons (Fsp3) is 0.391. The molecule has 1 aliphatic heterocycles. The van der Waals surface area contributed by atoms with Gasteiger partial charge in [-0.25, -0.2) is 9.97 Å². The number of aromatic nitrogens is 4. The lowest BCUT2D eigenvalue weighted by Gasteiger charge is -2.29. The number of fused-ring (bicyclic) bond motifs is 3. The lowest BCUT2D eigenvalue weighted by Crippen LogP contribution is -2.39. The van der Waals surface area contributed by atoms with Crippen LogP contribution in [-0.2, 0) is 12.1 Å². The lowest BCUT2D eigenvalue weighted by molar-refractivity contribution is 0.0786. The van der Waals surface area contributed by atoms with E-state index >= 15 is 0 Å². The van der Waals surface area contributed by atoms with Gasteiger partial charge in [-0.1, -0.05) is 24.3 Å². The van der Waals surface area contributed by atoms with Gasteiger partial charge in [-0.05, 0) is 38.3 Å². The highest BCUT2D eigenvalue weighted by Gasteiger charge is 2.22. The molecule has 7 heteroatoms. The van der Waals surface area contributed by atoms with Gasteiger partial charge in [-0.15, -0.1) is 0 Å². The number of rotatable bonds is 4. The maximum absolute atomic E-state index is 10.3. The maximum atomic E-state index is 10.3. The molecule has 0 radical (unpaired) electrons. The second-order valence-corrected chi connectivity index (χ2v) is 8.82. The average Bonchev–Trinajstić information content (AvgIpc) is 3.33. The van der Waals surface area contributed by atoms with E-state index in [2.05, 4.69) is 19.3 Å². The molecule has 5 rings (SSSR count). The summed E-state index contributed by atoms with van der Waals surface area (Å²) < 4.78 is 2.21. The number of hydrogen-bond acceptors (Lipinski definition) is 5. The number of H-pyrrole nitrogens is 1. The summed E-state index contributed by atoms with van der Waals surface area (Å²) in [6, 6.07) is 10.3. The number of nitrogens with zero attached hydrogens (tertiary/aromatic N) is 4. The molecule has 4 N–H and O–H groups in total. The number of imidazole rings is 1. The predicted octanol–water partition coefficient (Wildman–Crippen LogP) is 3.03. The molecule has 0 bridgehead atoms. The van der Waals surface area contributed by atoms with E-state index in [-0.39, 0.29) is 0 Å². The van der Waals surface area contributed by atoms with Gasteiger partial charge in [-0.2, -0.15) is 0 Å². The molecule has 3 aromatic heterocycles. The molecular weight excluding hydrogens is 376 g/mol. The van der Waals surface area contributed by atoms with Crippen LogP contribution >= 0.6 is 0 Å². The minimum atomic E-state index is -0.867. The Hall–Kier alpha value is -2.74. The molecule has 30 heavy (non-hydrogen) atoms. The third kappa shape index (κ3) is 3.39. The van der Waals surface area contributed by atoms with Crippen LogP contribution in [0.3, 0.4) is 0 Å². The molecule has 4 aromatic rings. The van der Waals surface area contributed by atoms with Gasteiger partial charge in [0, 0.05) is 30.9 Å². The van der Waals surface area contributed by atoms with Crippen molar-refractivity contribution in [1.29, 1.82) is 0 Å². The standard InChI is InChI=1S/C23H28N6O/c1-23(2,30)16-5-3-15(4-6-16)21-19-13-26-22-18(7-10-25-22)29(19)20(27-21)14-28-11-8-17(24)9-12-28/h3-7,10,13,17,25,30H,8-9,11-12,14,24H2,1-2H3. The van der Waals surface area contributed by atoms with Gasteiger partial charge in [0.05, 0.1) is 35.1 Å². The van der Waals surface area contributed by atoms with Crippen molar-refractivity contribution in [2.24, 2.45) is 5.73 Å². The van der Waals surface area contributed by atoms with E-state index in [1.54, 1.807) is 13.8 Å². The number of piperidine rings is 1. The summed E-state index contributed by atoms with van der Waals surface area (Å²) in [5, 5.41) is 10.3. The topological polar surface area (TPSA) is 95.5 Å². The predicted molar refractivity (Wildman–Crippen MR) is 118 cm³/mol. The van der Waals surface area contributed by atoms with E-state index in [0.29, 0.717) is 6.04 Å². The van der Waals surface area contributed by atoms with Gasteiger partial charge in [0.1, 0.15) is 5.82 Å². The van der Waals surface area contributed by atoms with Crippen molar-refractivity contribution in [1.82, 2.24) is 24.3 Å². The normalized spacial score (nSPS) is 16.7. The second kappa shape index (κ2) is 7.19. The Bertz CT molecular complexity index is 1180. The molecule has 4 heterocycles. The monoisotopic (exact) mass is 404 g/mol. The number of nitrogens with one attached hydrogen (secondary N) is 1. The fourth-order valence-corrected chi connectivity index (χ4v) is 4.30. The van der Waals surface area contributed by atoms with E-state index in [1.165, 1.54) is 0 Å². The van der Waals surface area contributed by atoms with Gasteiger partial charge >= 0.3 is 0 Å². The largest absolute Gasteiger partial charge is 0.386 e. The Labute approximate surface area is 175 Å². The van der Waals surface area contributed by atoms with E-state index < -0.39 is 5.60 Å². The molecule has 0 unspecified atom stereocenters. The third-order valence-electron chi connectivity index (χ3n) is 6.11. The summed E-state index contributed by atoms with van der Waals surface area (Å²) in [7, 11) is 0. The van der Waals surface area contributed by atoms with Crippen LogP contribution in [0.25, 0.3) is 27.9 Å². The van der Waals surface area contributed by atoms with Crippen molar-refractivity contribution in [3.8, 4) is 11.3 Å². The number of aliphatic hydroxyl groups is 1. The van der Waals surface area contributed by atoms with Crippen molar-refractivity contribution in [3.05, 3.63) is 54.1 Å². The molecule has 0 saturated carbocycles. The first kappa shape index (κ1) is 19.2. The Morgan fingerprint density at radius 1 is 1.13 bits per heavy atom. The zero-order valence-electron chi connectivity index (χ0n) is 17.5. The number of aromatic amines is 1. The SMILES string of the molecule is CC(C)(O)c1ccc(-c2nc(CN3CCC(N)CC3)n3c2cnc2[nH]ccc23)cc1. The summed E-state index contributed by atoms with van der Waals surface area (Å²) in [6.45, 7) is 6.35. The maximum Gasteiger partial charge on any atom is 0.154 e. The number of nitrogens with two attached hydrogens (primary N) is 1. The highest BCUT2D eigenvalue weighted by Crippen LogP contribution is 2.30. The van der Waals surface area contributed by atoms with Crippen LogP contribution < -0.4 is 5.73 Å². The molecule has 1 aromatic carbocycles. The van der Waals surface area contributed by atoms with Crippen LogP contribution in [0.4, 0.5) is 0 Å². The van der Waals surface area contributed by atoms with Crippen LogP contribution in [0.15, 0.2) is 42.7 Å². The van der Waals surface area contributed by atoms with Gasteiger partial charge in [0.2, 0.25) is 0 Å². The van der Waals surface area contributed by atoms with Crippen LogP contribution in [0, 0.1) is 0 Å². The van der Waals surface area contributed by atoms with Gasteiger partial charge in [0.25, 0.3) is 0 Å². The van der Waals surface area contributed by atoms with Crippen molar-refractivity contribution in [2.45, 2.75) is 44.9 Å². The van der Waals surface area contributed by atoms with E-state index in [1.807, 2.05) is 42.7 Å². The molecular formula is C23H28N6O. The first-order chi connectivity index (χ1) is 14.4. The van der Waals surface area contributed by atoms with E-state index in [9.17, 15) is 5.11 Å².